The summed E-state index contributed by atoms with van der Waals surface area (Å²) < 4.78 is 0. The summed E-state index contributed by atoms with van der Waals surface area (Å²) in [6.07, 6.45) is 4.92. The number of carbonyl (C=O) groups is 3. The van der Waals surface area contributed by atoms with E-state index in [1.165, 1.54) is 6.92 Å². The molecule has 0 spiro atoms. The highest BCUT2D eigenvalue weighted by molar-refractivity contribution is 5.86. The van der Waals surface area contributed by atoms with Crippen molar-refractivity contribution in [2.75, 3.05) is 26.2 Å². The Balaban J connectivity index is 1.69. The smallest absolute Gasteiger partial charge is 0.242 e. The maximum absolute atomic E-state index is 13.2. The van der Waals surface area contributed by atoms with Gasteiger partial charge in [0, 0.05) is 51.1 Å². The number of fused-ring (bicyclic) bond motifs is 1. The molecular weight excluding hydrogens is 344 g/mol. The second-order valence-corrected chi connectivity index (χ2v) is 8.45. The molecule has 0 aromatic heterocycles. The van der Waals surface area contributed by atoms with Crippen molar-refractivity contribution < 1.29 is 14.4 Å². The van der Waals surface area contributed by atoms with Crippen molar-refractivity contribution in [2.24, 2.45) is 11.8 Å². The average molecular weight is 379 g/mol. The maximum Gasteiger partial charge on any atom is 0.242 e. The average Bonchev–Trinajstić information content (AvgIpc) is 3.40. The lowest BCUT2D eigenvalue weighted by molar-refractivity contribution is -0.144. The standard InChI is InChI=1S/C20H34N4O3/c1-4-14(5-2)10-23-12-17-8-16(22-13(3)25)11-24(17)20(27)18(23)9-21-19(26)15-6-7-15/h14-18H,4-12H2,1-3H3,(H,21,26)(H,22,25)/t16-,17-,18-/m0/s1. The van der Waals surface area contributed by atoms with Crippen molar-refractivity contribution in [3.8, 4) is 0 Å². The first kappa shape index (κ1) is 20.1. The molecule has 2 saturated heterocycles. The zero-order chi connectivity index (χ0) is 19.6. The van der Waals surface area contributed by atoms with Crippen molar-refractivity contribution in [1.82, 2.24) is 20.4 Å². The Kier molecular flexibility index (Phi) is 6.40. The van der Waals surface area contributed by atoms with E-state index in [1.807, 2.05) is 4.90 Å². The molecule has 3 fully saturated rings. The van der Waals surface area contributed by atoms with Crippen LogP contribution < -0.4 is 10.6 Å². The van der Waals surface area contributed by atoms with Gasteiger partial charge in [0.2, 0.25) is 17.7 Å². The van der Waals surface area contributed by atoms with E-state index in [1.54, 1.807) is 0 Å². The quantitative estimate of drug-likeness (QED) is 0.653. The highest BCUT2D eigenvalue weighted by Gasteiger charge is 2.46. The maximum atomic E-state index is 13.2. The number of hydrogen-bond donors (Lipinski definition) is 2. The van der Waals surface area contributed by atoms with E-state index in [0.29, 0.717) is 19.0 Å². The Bertz CT molecular complexity index is 574. The number of nitrogens with one attached hydrogen (secondary N) is 2. The molecule has 152 valence electrons. The fraction of sp³-hybridized carbons (Fsp3) is 0.850. The van der Waals surface area contributed by atoms with Gasteiger partial charge in [0.15, 0.2) is 0 Å². The van der Waals surface area contributed by atoms with E-state index in [9.17, 15) is 14.4 Å². The van der Waals surface area contributed by atoms with Crippen LogP contribution in [0.1, 0.15) is 52.9 Å². The molecule has 0 aromatic carbocycles. The fourth-order valence-electron chi connectivity index (χ4n) is 4.48. The third-order valence-electron chi connectivity index (χ3n) is 6.34. The van der Waals surface area contributed by atoms with Gasteiger partial charge >= 0.3 is 0 Å². The van der Waals surface area contributed by atoms with E-state index in [0.717, 1.165) is 45.2 Å². The number of amides is 3. The van der Waals surface area contributed by atoms with Gasteiger partial charge in [0.05, 0.1) is 0 Å². The molecule has 1 aliphatic carbocycles. The molecule has 7 heteroatoms. The molecule has 7 nitrogen and oxygen atoms in total. The lowest BCUT2D eigenvalue weighted by Gasteiger charge is -2.44. The van der Waals surface area contributed by atoms with Crippen LogP contribution in [0.25, 0.3) is 0 Å². The van der Waals surface area contributed by atoms with E-state index < -0.39 is 0 Å². The molecule has 3 aliphatic rings. The van der Waals surface area contributed by atoms with Gasteiger partial charge in [-0.05, 0) is 25.2 Å². The third kappa shape index (κ3) is 4.81. The van der Waals surface area contributed by atoms with Crippen molar-refractivity contribution >= 4 is 17.7 Å². The second-order valence-electron chi connectivity index (χ2n) is 8.45. The molecular formula is C20H34N4O3. The zero-order valence-electron chi connectivity index (χ0n) is 16.9. The second kappa shape index (κ2) is 8.59. The summed E-state index contributed by atoms with van der Waals surface area (Å²) in [5.41, 5.74) is 0. The molecule has 0 aromatic rings. The number of carbonyl (C=O) groups excluding carboxylic acids is 3. The summed E-state index contributed by atoms with van der Waals surface area (Å²) in [6, 6.07) is -0.106. The predicted molar refractivity (Wildman–Crippen MR) is 103 cm³/mol. The van der Waals surface area contributed by atoms with Gasteiger partial charge in [-0.25, -0.2) is 0 Å². The van der Waals surface area contributed by atoms with Crippen molar-refractivity contribution in [3.05, 3.63) is 0 Å². The molecule has 1 saturated carbocycles. The van der Waals surface area contributed by atoms with Crippen molar-refractivity contribution in [1.29, 1.82) is 0 Å². The van der Waals surface area contributed by atoms with Gasteiger partial charge in [-0.3, -0.25) is 19.3 Å². The normalized spacial score (nSPS) is 28.4. The molecule has 27 heavy (non-hydrogen) atoms. The summed E-state index contributed by atoms with van der Waals surface area (Å²) in [4.78, 5) is 40.9. The lowest BCUT2D eigenvalue weighted by atomic mass is 9.98. The van der Waals surface area contributed by atoms with E-state index >= 15 is 0 Å². The van der Waals surface area contributed by atoms with E-state index in [2.05, 4.69) is 29.4 Å². The molecule has 2 N–H and O–H groups in total. The lowest BCUT2D eigenvalue weighted by Crippen LogP contribution is -2.63. The van der Waals surface area contributed by atoms with Crippen LogP contribution in [0.3, 0.4) is 0 Å². The van der Waals surface area contributed by atoms with Crippen LogP contribution in [-0.4, -0.2) is 71.8 Å². The van der Waals surface area contributed by atoms with Gasteiger partial charge in [0.25, 0.3) is 0 Å². The number of piperazine rings is 1. The topological polar surface area (TPSA) is 81.8 Å². The van der Waals surface area contributed by atoms with Gasteiger partial charge in [-0.2, -0.15) is 0 Å². The first-order valence-electron chi connectivity index (χ1n) is 10.5. The van der Waals surface area contributed by atoms with Crippen LogP contribution >= 0.6 is 0 Å². The summed E-state index contributed by atoms with van der Waals surface area (Å²) in [6.45, 7) is 8.59. The Hall–Kier alpha value is -1.63. The van der Waals surface area contributed by atoms with Gasteiger partial charge in [0.1, 0.15) is 6.04 Å². The Morgan fingerprint density at radius 1 is 1.19 bits per heavy atom. The largest absolute Gasteiger partial charge is 0.354 e. The summed E-state index contributed by atoms with van der Waals surface area (Å²) >= 11 is 0. The minimum atomic E-state index is -0.291. The predicted octanol–water partition coefficient (Wildman–Crippen LogP) is 0.739. The first-order valence-corrected chi connectivity index (χ1v) is 10.5. The first-order chi connectivity index (χ1) is 12.9. The molecule has 0 bridgehead atoms. The summed E-state index contributed by atoms with van der Waals surface area (Å²) in [5, 5.41) is 5.97. The molecule has 3 atom stereocenters. The summed E-state index contributed by atoms with van der Waals surface area (Å²) in [7, 11) is 0. The molecule has 3 amide bonds. The van der Waals surface area contributed by atoms with Crippen molar-refractivity contribution in [2.45, 2.75) is 71.0 Å². The third-order valence-corrected chi connectivity index (χ3v) is 6.34. The van der Waals surface area contributed by atoms with Crippen LogP contribution in [0.5, 0.6) is 0 Å². The Morgan fingerprint density at radius 2 is 1.89 bits per heavy atom. The molecule has 3 rings (SSSR count). The molecule has 2 heterocycles. The molecule has 2 aliphatic heterocycles. The van der Waals surface area contributed by atoms with Gasteiger partial charge < -0.3 is 15.5 Å². The molecule has 0 unspecified atom stereocenters. The van der Waals surface area contributed by atoms with E-state index in [-0.39, 0.29) is 41.8 Å². The highest BCUT2D eigenvalue weighted by atomic mass is 16.2. The number of nitrogens with zero attached hydrogens (tertiary/aromatic N) is 2. The Morgan fingerprint density at radius 3 is 2.48 bits per heavy atom. The van der Waals surface area contributed by atoms with Crippen LogP contribution in [0, 0.1) is 11.8 Å². The van der Waals surface area contributed by atoms with E-state index in [4.69, 9.17) is 0 Å². The monoisotopic (exact) mass is 378 g/mol. The van der Waals surface area contributed by atoms with Crippen molar-refractivity contribution in [3.63, 3.8) is 0 Å². The zero-order valence-corrected chi connectivity index (χ0v) is 16.9. The SMILES string of the molecule is CCC(CC)CN1C[C@@H]2C[C@H](NC(C)=O)CN2C(=O)[C@@H]1CNC(=O)C1CC1. The van der Waals surface area contributed by atoms with Crippen LogP contribution in [-0.2, 0) is 14.4 Å². The minimum Gasteiger partial charge on any atom is -0.354 e. The highest BCUT2D eigenvalue weighted by Crippen LogP contribution is 2.30. The van der Waals surface area contributed by atoms with Crippen LogP contribution in [0.2, 0.25) is 0 Å². The van der Waals surface area contributed by atoms with Gasteiger partial charge in [-0.15, -0.1) is 0 Å². The number of rotatable bonds is 8. The summed E-state index contributed by atoms with van der Waals surface area (Å²) in [5.74, 6) is 0.846. The molecule has 0 radical (unpaired) electrons. The minimum absolute atomic E-state index is 0.0336. The Labute approximate surface area is 162 Å². The fourth-order valence-corrected chi connectivity index (χ4v) is 4.48. The van der Waals surface area contributed by atoms with Gasteiger partial charge in [-0.1, -0.05) is 26.7 Å². The number of hydrogen-bond acceptors (Lipinski definition) is 4. The van der Waals surface area contributed by atoms with Crippen LogP contribution in [0.15, 0.2) is 0 Å². The van der Waals surface area contributed by atoms with Crippen LogP contribution in [0.4, 0.5) is 0 Å².